The third-order valence-corrected chi connectivity index (χ3v) is 8.27. The fourth-order valence-electron chi connectivity index (χ4n) is 5.27. The number of nitrogens with one attached hydrogen (secondary N) is 2. The SMILES string of the molecule is CC[C@H](C=N)COc1ccc(C(Cc2ccccc2)C(=O)C(Cc2ccccc2)c2ccc(OC[C@@H](C=N)CC)cc2)cc1. The first kappa shape index (κ1) is 32.4. The van der Waals surface area contributed by atoms with Crippen LogP contribution in [-0.2, 0) is 17.6 Å². The molecule has 0 radical (unpaired) electrons. The van der Waals surface area contributed by atoms with E-state index in [9.17, 15) is 4.79 Å². The smallest absolute Gasteiger partial charge is 0.148 e. The van der Waals surface area contributed by atoms with Crippen molar-refractivity contribution < 1.29 is 14.3 Å². The van der Waals surface area contributed by atoms with Gasteiger partial charge in [-0.1, -0.05) is 98.8 Å². The van der Waals surface area contributed by atoms with Crippen LogP contribution >= 0.6 is 0 Å². The molecule has 4 aromatic carbocycles. The molecule has 0 aliphatic heterocycles. The third-order valence-electron chi connectivity index (χ3n) is 8.27. The summed E-state index contributed by atoms with van der Waals surface area (Å²) in [6, 6.07) is 36.2. The van der Waals surface area contributed by atoms with Crippen LogP contribution in [0.2, 0.25) is 0 Å². The van der Waals surface area contributed by atoms with Gasteiger partial charge in [-0.05, 0) is 72.2 Å². The van der Waals surface area contributed by atoms with Crippen molar-refractivity contribution >= 4 is 18.2 Å². The van der Waals surface area contributed by atoms with Crippen LogP contribution in [0.1, 0.15) is 60.8 Å². The summed E-state index contributed by atoms with van der Waals surface area (Å²) in [7, 11) is 0. The van der Waals surface area contributed by atoms with Crippen LogP contribution < -0.4 is 9.47 Å². The Bertz CT molecular complexity index is 1330. The zero-order valence-electron chi connectivity index (χ0n) is 25.8. The van der Waals surface area contributed by atoms with Gasteiger partial charge in [0.15, 0.2) is 0 Å². The zero-order valence-corrected chi connectivity index (χ0v) is 25.8. The minimum Gasteiger partial charge on any atom is -0.493 e. The Hall–Kier alpha value is -4.51. The standard InChI is InChI=1S/C39H44N2O3/c1-3-29(25-40)27-43-35-19-15-33(16-20-35)37(23-31-11-7-5-8-12-31)39(42)38(24-32-13-9-6-10-14-32)34-17-21-36(22-18-34)44-28-30(4-2)26-41/h5-22,25-26,29-30,37-38,40-41H,3-4,23-24,27-28H2,1-2H3/t29-,30-,37?,38?/m1/s1. The van der Waals surface area contributed by atoms with Crippen molar-refractivity contribution in [1.29, 1.82) is 10.8 Å². The van der Waals surface area contributed by atoms with Crippen molar-refractivity contribution in [2.45, 2.75) is 51.4 Å². The van der Waals surface area contributed by atoms with Crippen molar-refractivity contribution in [3.05, 3.63) is 131 Å². The Morgan fingerprint density at radius 2 is 0.955 bits per heavy atom. The van der Waals surface area contributed by atoms with Crippen molar-refractivity contribution in [1.82, 2.24) is 0 Å². The molecule has 2 unspecified atom stereocenters. The van der Waals surface area contributed by atoms with E-state index < -0.39 is 0 Å². The zero-order chi connectivity index (χ0) is 31.1. The van der Waals surface area contributed by atoms with Gasteiger partial charge in [-0.15, -0.1) is 0 Å². The van der Waals surface area contributed by atoms with E-state index in [1.54, 1.807) is 0 Å². The number of carbonyl (C=O) groups is 1. The molecule has 0 aromatic heterocycles. The van der Waals surface area contributed by atoms with E-state index in [0.29, 0.717) is 26.1 Å². The van der Waals surface area contributed by atoms with Crippen LogP contribution in [0.15, 0.2) is 109 Å². The molecule has 5 heteroatoms. The highest BCUT2D eigenvalue weighted by Gasteiger charge is 2.30. The fraction of sp³-hybridized carbons (Fsp3) is 0.308. The average molecular weight is 589 g/mol. The largest absolute Gasteiger partial charge is 0.493 e. The summed E-state index contributed by atoms with van der Waals surface area (Å²) < 4.78 is 11.9. The van der Waals surface area contributed by atoms with Gasteiger partial charge in [-0.3, -0.25) is 4.79 Å². The monoisotopic (exact) mass is 588 g/mol. The Labute approximate surface area is 262 Å². The summed E-state index contributed by atoms with van der Waals surface area (Å²) in [5, 5.41) is 15.1. The molecule has 0 amide bonds. The van der Waals surface area contributed by atoms with Gasteiger partial charge in [0.25, 0.3) is 0 Å². The van der Waals surface area contributed by atoms with Crippen molar-refractivity contribution in [2.24, 2.45) is 11.8 Å². The molecule has 0 saturated heterocycles. The van der Waals surface area contributed by atoms with Crippen LogP contribution in [0.25, 0.3) is 0 Å². The molecule has 0 aliphatic rings. The van der Waals surface area contributed by atoms with Crippen molar-refractivity contribution in [3.8, 4) is 11.5 Å². The van der Waals surface area contributed by atoms with Gasteiger partial charge in [-0.25, -0.2) is 0 Å². The second-order valence-electron chi connectivity index (χ2n) is 11.3. The molecule has 2 N–H and O–H groups in total. The summed E-state index contributed by atoms with van der Waals surface area (Å²) in [4.78, 5) is 14.7. The first-order valence-corrected chi connectivity index (χ1v) is 15.6. The molecule has 0 fully saturated rings. The van der Waals surface area contributed by atoms with E-state index >= 15 is 0 Å². The lowest BCUT2D eigenvalue weighted by molar-refractivity contribution is -0.122. The van der Waals surface area contributed by atoms with Crippen LogP contribution in [0, 0.1) is 22.7 Å². The van der Waals surface area contributed by atoms with Crippen LogP contribution in [0.4, 0.5) is 0 Å². The van der Waals surface area contributed by atoms with E-state index in [1.165, 1.54) is 12.4 Å². The van der Waals surface area contributed by atoms with Gasteiger partial charge >= 0.3 is 0 Å². The van der Waals surface area contributed by atoms with Gasteiger partial charge in [0, 0.05) is 36.1 Å². The molecular weight excluding hydrogens is 544 g/mol. The van der Waals surface area contributed by atoms with E-state index in [1.807, 2.05) is 84.9 Å². The van der Waals surface area contributed by atoms with E-state index in [-0.39, 0.29) is 29.5 Å². The topological polar surface area (TPSA) is 83.2 Å². The first-order valence-electron chi connectivity index (χ1n) is 15.6. The van der Waals surface area contributed by atoms with E-state index in [4.69, 9.17) is 20.3 Å². The Morgan fingerprint density at radius 3 is 1.27 bits per heavy atom. The highest BCUT2D eigenvalue weighted by atomic mass is 16.5. The Balaban J connectivity index is 1.64. The van der Waals surface area contributed by atoms with E-state index in [2.05, 4.69) is 38.1 Å². The molecule has 4 rings (SSSR count). The molecule has 0 aliphatic carbocycles. The highest BCUT2D eigenvalue weighted by Crippen LogP contribution is 2.34. The van der Waals surface area contributed by atoms with Gasteiger partial charge < -0.3 is 20.3 Å². The predicted molar refractivity (Wildman–Crippen MR) is 180 cm³/mol. The quantitative estimate of drug-likeness (QED) is 0.114. The van der Waals surface area contributed by atoms with Crippen molar-refractivity contribution in [2.75, 3.05) is 13.2 Å². The molecule has 0 saturated carbocycles. The fourth-order valence-corrected chi connectivity index (χ4v) is 5.27. The second-order valence-corrected chi connectivity index (χ2v) is 11.3. The summed E-state index contributed by atoms with van der Waals surface area (Å²) in [6.07, 6.45) is 5.78. The number of benzene rings is 4. The molecule has 44 heavy (non-hydrogen) atoms. The van der Waals surface area contributed by atoms with Gasteiger partial charge in [0.2, 0.25) is 0 Å². The lowest BCUT2D eigenvalue weighted by Gasteiger charge is -2.24. The van der Waals surface area contributed by atoms with Gasteiger partial charge in [0.05, 0.1) is 13.2 Å². The van der Waals surface area contributed by atoms with Crippen LogP contribution in [0.3, 0.4) is 0 Å². The van der Waals surface area contributed by atoms with Crippen molar-refractivity contribution in [3.63, 3.8) is 0 Å². The number of Topliss-reactive ketones (excluding diaryl/α,β-unsaturated/α-hetero) is 1. The molecule has 0 spiro atoms. The summed E-state index contributed by atoms with van der Waals surface area (Å²) in [5.74, 6) is 1.13. The van der Waals surface area contributed by atoms with Crippen LogP contribution in [0.5, 0.6) is 11.5 Å². The predicted octanol–water partition coefficient (Wildman–Crippen LogP) is 8.72. The highest BCUT2D eigenvalue weighted by molar-refractivity contribution is 5.92. The molecular formula is C39H44N2O3. The maximum atomic E-state index is 14.7. The molecule has 0 heterocycles. The molecule has 5 nitrogen and oxygen atoms in total. The lowest BCUT2D eigenvalue weighted by atomic mass is 9.78. The first-order chi connectivity index (χ1) is 21.5. The average Bonchev–Trinajstić information content (AvgIpc) is 3.08. The Morgan fingerprint density at radius 1 is 0.591 bits per heavy atom. The minimum absolute atomic E-state index is 0.0849. The van der Waals surface area contributed by atoms with Gasteiger partial charge in [0.1, 0.15) is 17.3 Å². The number of hydrogen-bond acceptors (Lipinski definition) is 5. The molecule has 0 bridgehead atoms. The second kappa shape index (κ2) is 17.0. The van der Waals surface area contributed by atoms with Gasteiger partial charge in [-0.2, -0.15) is 0 Å². The molecule has 228 valence electrons. The normalized spacial score (nSPS) is 13.7. The van der Waals surface area contributed by atoms with E-state index in [0.717, 1.165) is 46.6 Å². The number of ketones is 1. The molecule has 4 atom stereocenters. The number of carbonyl (C=O) groups excluding carboxylic acids is 1. The minimum atomic E-state index is -0.348. The maximum Gasteiger partial charge on any atom is 0.148 e. The number of hydrogen-bond donors (Lipinski definition) is 2. The number of ether oxygens (including phenoxy) is 2. The summed E-state index contributed by atoms with van der Waals surface area (Å²) >= 11 is 0. The molecule has 4 aromatic rings. The lowest BCUT2D eigenvalue weighted by Crippen LogP contribution is -2.24. The number of rotatable bonds is 18. The summed E-state index contributed by atoms with van der Waals surface area (Å²) in [6.45, 7) is 5.03. The third kappa shape index (κ3) is 9.24. The Kier molecular flexibility index (Phi) is 12.5. The maximum absolute atomic E-state index is 14.7. The summed E-state index contributed by atoms with van der Waals surface area (Å²) in [5.41, 5.74) is 4.14. The van der Waals surface area contributed by atoms with Crippen LogP contribution in [-0.4, -0.2) is 31.4 Å².